The first-order valence-electron chi connectivity index (χ1n) is 9.28. The summed E-state index contributed by atoms with van der Waals surface area (Å²) >= 11 is 5.58. The Morgan fingerprint density at radius 2 is 1.76 bits per heavy atom. The molecule has 33 heavy (non-hydrogen) atoms. The van der Waals surface area contributed by atoms with Gasteiger partial charge in [-0.3, -0.25) is 5.21 Å². The van der Waals surface area contributed by atoms with Crippen LogP contribution in [0.3, 0.4) is 0 Å². The van der Waals surface area contributed by atoms with Crippen LogP contribution in [0.2, 0.25) is 5.02 Å². The minimum absolute atomic E-state index is 0. The number of carbonyl (C=O) groups is 1. The SMILES string of the molecule is Cl.Nc1cccc2c1ccn2-c1ccc(N(O)C(=O)Nc2ccc(Cl)c(C(F)(F)F)c2)cc1. The normalized spacial score (nSPS) is 11.2. The van der Waals surface area contributed by atoms with Gasteiger partial charge in [0.25, 0.3) is 0 Å². The number of amides is 2. The van der Waals surface area contributed by atoms with E-state index < -0.39 is 22.8 Å². The molecule has 0 fully saturated rings. The molecule has 172 valence electrons. The zero-order valence-electron chi connectivity index (χ0n) is 16.7. The van der Waals surface area contributed by atoms with E-state index in [2.05, 4.69) is 5.32 Å². The third-order valence-corrected chi connectivity index (χ3v) is 5.18. The third-order valence-electron chi connectivity index (χ3n) is 4.85. The highest BCUT2D eigenvalue weighted by Gasteiger charge is 2.33. The van der Waals surface area contributed by atoms with Crippen LogP contribution in [0.5, 0.6) is 0 Å². The molecule has 0 aliphatic heterocycles. The molecule has 0 saturated carbocycles. The number of rotatable bonds is 3. The lowest BCUT2D eigenvalue weighted by molar-refractivity contribution is -0.137. The van der Waals surface area contributed by atoms with Gasteiger partial charge in [0, 0.05) is 28.6 Å². The average Bonchev–Trinajstić information content (AvgIpc) is 3.19. The van der Waals surface area contributed by atoms with E-state index in [1.807, 2.05) is 29.0 Å². The Morgan fingerprint density at radius 3 is 2.42 bits per heavy atom. The number of urea groups is 1. The highest BCUT2D eigenvalue weighted by Crippen LogP contribution is 2.36. The van der Waals surface area contributed by atoms with Crippen LogP contribution in [-0.2, 0) is 6.18 Å². The molecule has 4 rings (SSSR count). The first kappa shape index (κ1) is 24.2. The molecule has 4 aromatic rings. The topological polar surface area (TPSA) is 83.5 Å². The minimum atomic E-state index is -4.68. The van der Waals surface area contributed by atoms with E-state index in [-0.39, 0.29) is 23.8 Å². The number of hydrogen-bond donors (Lipinski definition) is 3. The lowest BCUT2D eigenvalue weighted by Gasteiger charge is -2.17. The average molecular weight is 497 g/mol. The fourth-order valence-electron chi connectivity index (χ4n) is 3.28. The van der Waals surface area contributed by atoms with Crippen molar-refractivity contribution in [1.82, 2.24) is 4.57 Å². The summed E-state index contributed by atoms with van der Waals surface area (Å²) < 4.78 is 40.9. The van der Waals surface area contributed by atoms with Crippen LogP contribution in [0.1, 0.15) is 5.56 Å². The molecule has 0 spiro atoms. The van der Waals surface area contributed by atoms with E-state index in [4.69, 9.17) is 17.3 Å². The molecule has 1 heterocycles. The number of aromatic nitrogens is 1. The first-order chi connectivity index (χ1) is 15.1. The number of fused-ring (bicyclic) bond motifs is 1. The summed E-state index contributed by atoms with van der Waals surface area (Å²) in [5.74, 6) is 0. The Hall–Kier alpha value is -3.40. The van der Waals surface area contributed by atoms with Crippen molar-refractivity contribution in [3.63, 3.8) is 0 Å². The molecule has 0 unspecified atom stereocenters. The Morgan fingerprint density at radius 1 is 1.06 bits per heavy atom. The Bertz CT molecular complexity index is 1310. The fourth-order valence-corrected chi connectivity index (χ4v) is 3.51. The molecule has 0 bridgehead atoms. The molecule has 0 radical (unpaired) electrons. The molecule has 0 atom stereocenters. The highest BCUT2D eigenvalue weighted by molar-refractivity contribution is 6.31. The van der Waals surface area contributed by atoms with E-state index in [0.29, 0.717) is 16.8 Å². The van der Waals surface area contributed by atoms with Crippen molar-refractivity contribution in [1.29, 1.82) is 0 Å². The molecule has 6 nitrogen and oxygen atoms in total. The van der Waals surface area contributed by atoms with Gasteiger partial charge in [0.05, 0.1) is 21.8 Å². The quantitative estimate of drug-likeness (QED) is 0.167. The molecule has 0 aliphatic carbocycles. The smallest absolute Gasteiger partial charge is 0.398 e. The van der Waals surface area contributed by atoms with Crippen LogP contribution >= 0.6 is 24.0 Å². The molecular formula is C22H17Cl2F3N4O2. The van der Waals surface area contributed by atoms with E-state index >= 15 is 0 Å². The number of nitrogens with two attached hydrogens (primary N) is 1. The maximum absolute atomic E-state index is 13.0. The summed E-state index contributed by atoms with van der Waals surface area (Å²) in [4.78, 5) is 12.3. The summed E-state index contributed by atoms with van der Waals surface area (Å²) in [6.45, 7) is 0. The van der Waals surface area contributed by atoms with Gasteiger partial charge in [0.2, 0.25) is 0 Å². The van der Waals surface area contributed by atoms with E-state index in [1.54, 1.807) is 18.2 Å². The van der Waals surface area contributed by atoms with Gasteiger partial charge in [0.15, 0.2) is 0 Å². The predicted octanol–water partition coefficient (Wildman–Crippen LogP) is 6.73. The standard InChI is InChI=1S/C22H16ClF3N4O2.ClH/c23-18-9-4-13(12-17(18)22(24,25)26)28-21(31)30(32)15-7-5-14(6-8-15)29-11-10-16-19(27)2-1-3-20(16)29;/h1-12,32H,27H2,(H,28,31);1H. The number of benzene rings is 3. The molecule has 4 N–H and O–H groups in total. The van der Waals surface area contributed by atoms with E-state index in [1.165, 1.54) is 18.2 Å². The lowest BCUT2D eigenvalue weighted by atomic mass is 10.2. The second-order valence-corrected chi connectivity index (χ2v) is 7.32. The maximum atomic E-state index is 13.0. The van der Waals surface area contributed by atoms with Crippen LogP contribution in [0.15, 0.2) is 72.9 Å². The number of hydrogen-bond acceptors (Lipinski definition) is 3. The van der Waals surface area contributed by atoms with Gasteiger partial charge in [-0.1, -0.05) is 17.7 Å². The second kappa shape index (κ2) is 9.22. The summed E-state index contributed by atoms with van der Waals surface area (Å²) in [5.41, 5.74) is 7.13. The van der Waals surface area contributed by atoms with Crippen molar-refractivity contribution in [3.05, 3.63) is 83.5 Å². The predicted molar refractivity (Wildman–Crippen MR) is 125 cm³/mol. The number of carbonyl (C=O) groups excluding carboxylic acids is 1. The van der Waals surface area contributed by atoms with Crippen LogP contribution < -0.4 is 16.1 Å². The number of nitrogens with one attached hydrogen (secondary N) is 1. The molecule has 3 aromatic carbocycles. The van der Waals surface area contributed by atoms with Gasteiger partial charge in [-0.2, -0.15) is 18.2 Å². The zero-order valence-corrected chi connectivity index (χ0v) is 18.2. The van der Waals surface area contributed by atoms with Crippen LogP contribution in [0.25, 0.3) is 16.6 Å². The highest BCUT2D eigenvalue weighted by atomic mass is 35.5. The van der Waals surface area contributed by atoms with Gasteiger partial charge < -0.3 is 15.6 Å². The van der Waals surface area contributed by atoms with Gasteiger partial charge in [-0.05, 0) is 60.7 Å². The number of nitrogen functional groups attached to an aromatic ring is 1. The summed E-state index contributed by atoms with van der Waals surface area (Å²) in [5, 5.41) is 13.1. The maximum Gasteiger partial charge on any atom is 0.417 e. The largest absolute Gasteiger partial charge is 0.417 e. The second-order valence-electron chi connectivity index (χ2n) is 6.92. The minimum Gasteiger partial charge on any atom is -0.398 e. The summed E-state index contributed by atoms with van der Waals surface area (Å²) in [6, 6.07) is 15.7. The Kier molecular flexibility index (Phi) is 6.78. The van der Waals surface area contributed by atoms with Crippen molar-refractivity contribution in [2.75, 3.05) is 16.1 Å². The van der Waals surface area contributed by atoms with E-state index in [9.17, 15) is 23.2 Å². The van der Waals surface area contributed by atoms with Crippen molar-refractivity contribution >= 4 is 58.0 Å². The summed E-state index contributed by atoms with van der Waals surface area (Å²) in [6.07, 6.45) is -2.84. The van der Waals surface area contributed by atoms with Crippen molar-refractivity contribution in [2.24, 2.45) is 0 Å². The first-order valence-corrected chi connectivity index (χ1v) is 9.65. The Balaban J connectivity index is 0.00000306. The van der Waals surface area contributed by atoms with Gasteiger partial charge >= 0.3 is 12.2 Å². The molecule has 0 aliphatic rings. The molecule has 0 saturated heterocycles. The fraction of sp³-hybridized carbons (Fsp3) is 0.0455. The number of hydroxylamine groups is 1. The zero-order chi connectivity index (χ0) is 23.0. The monoisotopic (exact) mass is 496 g/mol. The number of alkyl halides is 3. The van der Waals surface area contributed by atoms with Crippen LogP contribution in [0, 0.1) is 0 Å². The molecule has 11 heteroatoms. The summed E-state index contributed by atoms with van der Waals surface area (Å²) in [7, 11) is 0. The van der Waals surface area contributed by atoms with Crippen LogP contribution in [-0.4, -0.2) is 15.8 Å². The van der Waals surface area contributed by atoms with Gasteiger partial charge in [0.1, 0.15) is 0 Å². The number of halogens is 5. The lowest BCUT2D eigenvalue weighted by Crippen LogP contribution is -2.31. The van der Waals surface area contributed by atoms with Crippen LogP contribution in [0.4, 0.5) is 35.0 Å². The van der Waals surface area contributed by atoms with Gasteiger partial charge in [-0.25, -0.2) is 4.79 Å². The number of nitrogens with zero attached hydrogens (tertiary/aromatic N) is 2. The van der Waals surface area contributed by atoms with Gasteiger partial charge in [-0.15, -0.1) is 12.4 Å². The molecular weight excluding hydrogens is 480 g/mol. The molecule has 2 amide bonds. The van der Waals surface area contributed by atoms with Crippen molar-refractivity contribution in [2.45, 2.75) is 6.18 Å². The molecule has 1 aromatic heterocycles. The Labute approximate surface area is 197 Å². The van der Waals surface area contributed by atoms with Crippen molar-refractivity contribution in [3.8, 4) is 5.69 Å². The van der Waals surface area contributed by atoms with Crippen molar-refractivity contribution < 1.29 is 23.2 Å². The number of anilines is 3. The third kappa shape index (κ3) is 4.85. The van der Waals surface area contributed by atoms with E-state index in [0.717, 1.165) is 22.7 Å².